The zero-order chi connectivity index (χ0) is 20.3. The molecule has 0 aliphatic carbocycles. The predicted octanol–water partition coefficient (Wildman–Crippen LogP) is 4.38. The van der Waals surface area contributed by atoms with Crippen LogP contribution in [-0.2, 0) is 0 Å². The number of nitrogens with one attached hydrogen (secondary N) is 2. The smallest absolute Gasteiger partial charge is 0.248 e. The molecule has 1 aromatic heterocycles. The van der Waals surface area contributed by atoms with Crippen molar-refractivity contribution in [1.29, 1.82) is 5.41 Å². The molecule has 0 saturated heterocycles. The first kappa shape index (κ1) is 19.1. The first-order chi connectivity index (χ1) is 13.4. The molecule has 0 radical (unpaired) electrons. The van der Waals surface area contributed by atoms with Crippen LogP contribution in [0.2, 0.25) is 0 Å². The SMILES string of the molecule is CNc1ccc(Oc2ccnc(-c3ccc(C(N)=O)c(C)c3)c2)cc1C(C)=N. The van der Waals surface area contributed by atoms with E-state index >= 15 is 0 Å². The van der Waals surface area contributed by atoms with Crippen LogP contribution < -0.4 is 15.8 Å². The normalized spacial score (nSPS) is 10.4. The quantitative estimate of drug-likeness (QED) is 0.557. The second-order valence-corrected chi connectivity index (χ2v) is 6.46. The van der Waals surface area contributed by atoms with Gasteiger partial charge in [-0.2, -0.15) is 0 Å². The number of anilines is 1. The fraction of sp³-hybridized carbons (Fsp3) is 0.136. The number of hydrogen-bond acceptors (Lipinski definition) is 5. The number of nitrogens with zero attached hydrogens (tertiary/aromatic N) is 1. The molecule has 3 aromatic rings. The number of benzene rings is 2. The van der Waals surface area contributed by atoms with E-state index in [4.69, 9.17) is 15.9 Å². The highest BCUT2D eigenvalue weighted by Crippen LogP contribution is 2.29. The van der Waals surface area contributed by atoms with Gasteiger partial charge in [-0.1, -0.05) is 6.07 Å². The number of rotatable bonds is 6. The van der Waals surface area contributed by atoms with Crippen molar-refractivity contribution in [2.75, 3.05) is 12.4 Å². The third kappa shape index (κ3) is 4.01. The second kappa shape index (κ2) is 7.92. The van der Waals surface area contributed by atoms with Crippen molar-refractivity contribution >= 4 is 17.3 Å². The summed E-state index contributed by atoms with van der Waals surface area (Å²) < 4.78 is 5.98. The number of carbonyl (C=O) groups excluding carboxylic acids is 1. The van der Waals surface area contributed by atoms with Crippen LogP contribution in [0, 0.1) is 12.3 Å². The maximum atomic E-state index is 11.4. The monoisotopic (exact) mass is 374 g/mol. The van der Waals surface area contributed by atoms with Gasteiger partial charge in [-0.05, 0) is 55.8 Å². The summed E-state index contributed by atoms with van der Waals surface area (Å²) in [5, 5.41) is 11.0. The minimum Gasteiger partial charge on any atom is -0.457 e. The highest BCUT2D eigenvalue weighted by Gasteiger charge is 2.10. The lowest BCUT2D eigenvalue weighted by molar-refractivity contribution is 0.0999. The predicted molar refractivity (Wildman–Crippen MR) is 111 cm³/mol. The first-order valence-corrected chi connectivity index (χ1v) is 8.81. The fourth-order valence-corrected chi connectivity index (χ4v) is 2.98. The first-order valence-electron chi connectivity index (χ1n) is 8.81. The van der Waals surface area contributed by atoms with Crippen LogP contribution in [0.25, 0.3) is 11.3 Å². The van der Waals surface area contributed by atoms with E-state index in [1.165, 1.54) is 0 Å². The molecule has 0 saturated carbocycles. The van der Waals surface area contributed by atoms with Crippen molar-refractivity contribution in [2.45, 2.75) is 13.8 Å². The van der Waals surface area contributed by atoms with E-state index in [1.54, 1.807) is 25.3 Å². The van der Waals surface area contributed by atoms with E-state index in [9.17, 15) is 4.79 Å². The lowest BCUT2D eigenvalue weighted by Gasteiger charge is -2.12. The van der Waals surface area contributed by atoms with E-state index in [1.807, 2.05) is 50.4 Å². The van der Waals surface area contributed by atoms with Crippen LogP contribution in [0.3, 0.4) is 0 Å². The molecule has 28 heavy (non-hydrogen) atoms. The van der Waals surface area contributed by atoms with Gasteiger partial charge in [-0.15, -0.1) is 0 Å². The summed E-state index contributed by atoms with van der Waals surface area (Å²) in [4.78, 5) is 15.8. The molecule has 0 aliphatic rings. The Bertz CT molecular complexity index is 1060. The summed E-state index contributed by atoms with van der Waals surface area (Å²) >= 11 is 0. The Kier molecular flexibility index (Phi) is 5.40. The largest absolute Gasteiger partial charge is 0.457 e. The van der Waals surface area contributed by atoms with Crippen LogP contribution in [-0.4, -0.2) is 23.7 Å². The number of hydrogen-bond donors (Lipinski definition) is 3. The number of carbonyl (C=O) groups is 1. The Morgan fingerprint density at radius 3 is 2.46 bits per heavy atom. The molecular formula is C22H22N4O2. The summed E-state index contributed by atoms with van der Waals surface area (Å²) in [5.74, 6) is 0.821. The van der Waals surface area contributed by atoms with E-state index in [2.05, 4.69) is 10.3 Å². The van der Waals surface area contributed by atoms with Crippen LogP contribution in [0.5, 0.6) is 11.5 Å². The fourth-order valence-electron chi connectivity index (χ4n) is 2.98. The van der Waals surface area contributed by atoms with Gasteiger partial charge in [-0.25, -0.2) is 0 Å². The van der Waals surface area contributed by atoms with Gasteiger partial charge in [0.05, 0.1) is 5.69 Å². The number of primary amides is 1. The van der Waals surface area contributed by atoms with E-state index in [-0.39, 0.29) is 0 Å². The van der Waals surface area contributed by atoms with Crippen molar-refractivity contribution in [2.24, 2.45) is 5.73 Å². The van der Waals surface area contributed by atoms with E-state index < -0.39 is 5.91 Å². The molecule has 0 unspecified atom stereocenters. The summed E-state index contributed by atoms with van der Waals surface area (Å²) in [6.07, 6.45) is 1.67. The van der Waals surface area contributed by atoms with Crippen molar-refractivity contribution in [3.63, 3.8) is 0 Å². The summed E-state index contributed by atoms with van der Waals surface area (Å²) in [6.45, 7) is 3.58. The molecule has 4 N–H and O–H groups in total. The number of ether oxygens (including phenoxy) is 1. The number of amides is 1. The van der Waals surface area contributed by atoms with Gasteiger partial charge in [0, 0.05) is 47.4 Å². The van der Waals surface area contributed by atoms with Crippen LogP contribution in [0.4, 0.5) is 5.69 Å². The van der Waals surface area contributed by atoms with Gasteiger partial charge in [0.15, 0.2) is 0 Å². The highest BCUT2D eigenvalue weighted by atomic mass is 16.5. The molecule has 1 amide bonds. The zero-order valence-electron chi connectivity index (χ0n) is 16.0. The molecule has 0 spiro atoms. The lowest BCUT2D eigenvalue weighted by atomic mass is 10.0. The molecule has 6 heteroatoms. The Morgan fingerprint density at radius 2 is 1.82 bits per heavy atom. The minimum absolute atomic E-state index is 0.448. The zero-order valence-corrected chi connectivity index (χ0v) is 16.0. The Morgan fingerprint density at radius 1 is 1.07 bits per heavy atom. The molecular weight excluding hydrogens is 352 g/mol. The Balaban J connectivity index is 1.90. The van der Waals surface area contributed by atoms with Gasteiger partial charge < -0.3 is 21.2 Å². The summed E-state index contributed by atoms with van der Waals surface area (Å²) in [6, 6.07) is 14.6. The topological polar surface area (TPSA) is 101 Å². The maximum absolute atomic E-state index is 11.4. The molecule has 142 valence electrons. The molecule has 1 heterocycles. The minimum atomic E-state index is -0.448. The highest BCUT2D eigenvalue weighted by molar-refractivity contribution is 6.01. The average Bonchev–Trinajstić information content (AvgIpc) is 2.67. The van der Waals surface area contributed by atoms with Crippen LogP contribution >= 0.6 is 0 Å². The Labute approximate surface area is 163 Å². The van der Waals surface area contributed by atoms with Gasteiger partial charge in [0.2, 0.25) is 5.91 Å². The van der Waals surface area contributed by atoms with Crippen LogP contribution in [0.1, 0.15) is 28.4 Å². The van der Waals surface area contributed by atoms with Gasteiger partial charge >= 0.3 is 0 Å². The molecule has 2 aromatic carbocycles. The van der Waals surface area contributed by atoms with Gasteiger partial charge in [-0.3, -0.25) is 9.78 Å². The maximum Gasteiger partial charge on any atom is 0.248 e. The second-order valence-electron chi connectivity index (χ2n) is 6.46. The van der Waals surface area contributed by atoms with Gasteiger partial charge in [0.1, 0.15) is 11.5 Å². The number of aryl methyl sites for hydroxylation is 1. The van der Waals surface area contributed by atoms with E-state index in [0.717, 1.165) is 28.1 Å². The molecule has 6 nitrogen and oxygen atoms in total. The third-order valence-corrected chi connectivity index (χ3v) is 4.42. The summed E-state index contributed by atoms with van der Waals surface area (Å²) in [7, 11) is 1.82. The standard InChI is InChI=1S/C22H22N4O2/c1-13-10-15(4-6-18(13)22(24)27)21-12-17(8-9-26-21)28-16-5-7-20(25-3)19(11-16)14(2)23/h4-12,23,25H,1-3H3,(H2,24,27). The molecule has 3 rings (SSSR count). The van der Waals surface area contributed by atoms with Gasteiger partial charge in [0.25, 0.3) is 0 Å². The van der Waals surface area contributed by atoms with Crippen molar-refractivity contribution in [3.05, 3.63) is 71.4 Å². The number of pyridine rings is 1. The number of aromatic nitrogens is 1. The summed E-state index contributed by atoms with van der Waals surface area (Å²) in [5.41, 5.74) is 10.4. The Hall–Kier alpha value is -3.67. The van der Waals surface area contributed by atoms with Crippen LogP contribution in [0.15, 0.2) is 54.7 Å². The van der Waals surface area contributed by atoms with E-state index in [0.29, 0.717) is 22.8 Å². The molecule has 0 atom stereocenters. The van der Waals surface area contributed by atoms with Crippen molar-refractivity contribution in [1.82, 2.24) is 4.98 Å². The third-order valence-electron chi connectivity index (χ3n) is 4.42. The van der Waals surface area contributed by atoms with Crippen molar-refractivity contribution < 1.29 is 9.53 Å². The molecule has 0 fully saturated rings. The average molecular weight is 374 g/mol. The molecule has 0 bridgehead atoms. The lowest BCUT2D eigenvalue weighted by Crippen LogP contribution is -2.12. The number of nitrogens with two attached hydrogens (primary N) is 1. The van der Waals surface area contributed by atoms with Crippen molar-refractivity contribution in [3.8, 4) is 22.8 Å². The molecule has 0 aliphatic heterocycles.